The van der Waals surface area contributed by atoms with Crippen LogP contribution in [0.15, 0.2) is 74.1 Å². The fourth-order valence-electron chi connectivity index (χ4n) is 2.12. The van der Waals surface area contributed by atoms with Crippen molar-refractivity contribution < 1.29 is 19.8 Å². The van der Waals surface area contributed by atoms with Gasteiger partial charge in [-0.05, 0) is 36.7 Å². The number of hydrogen-bond acceptors (Lipinski definition) is 4. The van der Waals surface area contributed by atoms with Gasteiger partial charge < -0.3 is 20.0 Å². The van der Waals surface area contributed by atoms with Gasteiger partial charge in [0.15, 0.2) is 0 Å². The van der Waals surface area contributed by atoms with Crippen LogP contribution in [0.25, 0.3) is 0 Å². The van der Waals surface area contributed by atoms with E-state index in [4.69, 9.17) is 10.2 Å². The molecule has 0 unspecified atom stereocenters. The van der Waals surface area contributed by atoms with Crippen LogP contribution in [0, 0.1) is 0 Å². The summed E-state index contributed by atoms with van der Waals surface area (Å²) in [5, 5.41) is 17.7. The number of para-hydroxylation sites is 2. The molecule has 0 aliphatic heterocycles. The molecule has 136 valence electrons. The summed E-state index contributed by atoms with van der Waals surface area (Å²) < 4.78 is 0. The van der Waals surface area contributed by atoms with Crippen LogP contribution in [0.1, 0.15) is 20.7 Å². The van der Waals surface area contributed by atoms with E-state index in [9.17, 15) is 9.59 Å². The SMILES string of the molecule is C=CN(C)c1ccccc1C(=O)O.C=CN(C)c1ccccc1C(=O)O. The summed E-state index contributed by atoms with van der Waals surface area (Å²) >= 11 is 0. The van der Waals surface area contributed by atoms with Gasteiger partial charge in [0.05, 0.1) is 22.5 Å². The predicted molar refractivity (Wildman–Crippen MR) is 104 cm³/mol. The van der Waals surface area contributed by atoms with E-state index in [1.807, 2.05) is 0 Å². The molecular formula is C20H22N2O4. The van der Waals surface area contributed by atoms with Crippen molar-refractivity contribution in [3.8, 4) is 0 Å². The Morgan fingerprint density at radius 2 is 1.08 bits per heavy atom. The van der Waals surface area contributed by atoms with E-state index in [2.05, 4.69) is 13.2 Å². The zero-order chi connectivity index (χ0) is 19.7. The molecular weight excluding hydrogens is 332 g/mol. The Hall–Kier alpha value is -3.54. The first-order valence-corrected chi connectivity index (χ1v) is 7.68. The lowest BCUT2D eigenvalue weighted by atomic mass is 10.1. The Labute approximate surface area is 152 Å². The first-order valence-electron chi connectivity index (χ1n) is 7.68. The summed E-state index contributed by atoms with van der Waals surface area (Å²) in [6, 6.07) is 13.6. The number of carboxylic acid groups (broad SMARTS) is 2. The molecule has 0 atom stereocenters. The summed E-state index contributed by atoms with van der Waals surface area (Å²) in [7, 11) is 3.52. The summed E-state index contributed by atoms with van der Waals surface area (Å²) in [5.41, 5.74) is 1.85. The molecule has 6 heteroatoms. The van der Waals surface area contributed by atoms with Gasteiger partial charge in [0.2, 0.25) is 0 Å². The zero-order valence-corrected chi connectivity index (χ0v) is 14.8. The largest absolute Gasteiger partial charge is 0.478 e. The molecule has 0 aliphatic rings. The molecule has 0 spiro atoms. The van der Waals surface area contributed by atoms with E-state index in [0.717, 1.165) is 0 Å². The second kappa shape index (κ2) is 9.68. The van der Waals surface area contributed by atoms with Crippen molar-refractivity contribution in [2.24, 2.45) is 0 Å². The summed E-state index contributed by atoms with van der Waals surface area (Å²) in [6.45, 7) is 7.14. The zero-order valence-electron chi connectivity index (χ0n) is 14.8. The fourth-order valence-corrected chi connectivity index (χ4v) is 2.12. The normalized spacial score (nSPS) is 9.31. The fraction of sp³-hybridized carbons (Fsp3) is 0.100. The number of anilines is 2. The van der Waals surface area contributed by atoms with E-state index in [1.54, 1.807) is 84.8 Å². The molecule has 0 aromatic heterocycles. The molecule has 2 N–H and O–H groups in total. The molecule has 2 aromatic carbocycles. The first kappa shape index (κ1) is 20.5. The van der Waals surface area contributed by atoms with Crippen LogP contribution < -0.4 is 9.80 Å². The van der Waals surface area contributed by atoms with Gasteiger partial charge in [-0.3, -0.25) is 0 Å². The predicted octanol–water partition coefficient (Wildman–Crippen LogP) is 3.93. The smallest absolute Gasteiger partial charge is 0.337 e. The van der Waals surface area contributed by atoms with Gasteiger partial charge in [-0.25, -0.2) is 9.59 Å². The van der Waals surface area contributed by atoms with Gasteiger partial charge in [0.25, 0.3) is 0 Å². The number of nitrogens with zero attached hydrogens (tertiary/aromatic N) is 2. The Balaban J connectivity index is 0.000000260. The molecule has 0 saturated heterocycles. The summed E-state index contributed by atoms with van der Waals surface area (Å²) in [5.74, 6) is -1.85. The van der Waals surface area contributed by atoms with E-state index in [1.165, 1.54) is 0 Å². The summed E-state index contributed by atoms with van der Waals surface area (Å²) in [4.78, 5) is 24.9. The Bertz CT molecular complexity index is 734. The van der Waals surface area contributed by atoms with Crippen LogP contribution in [0.3, 0.4) is 0 Å². The quantitative estimate of drug-likeness (QED) is 0.818. The molecule has 2 rings (SSSR count). The minimum Gasteiger partial charge on any atom is -0.478 e. The maximum atomic E-state index is 10.8. The molecule has 0 amide bonds. The van der Waals surface area contributed by atoms with Crippen LogP contribution in [0.5, 0.6) is 0 Å². The Morgan fingerprint density at radius 1 is 0.769 bits per heavy atom. The number of rotatable bonds is 6. The average Bonchev–Trinajstić information content (AvgIpc) is 2.67. The van der Waals surface area contributed by atoms with Crippen molar-refractivity contribution in [2.45, 2.75) is 0 Å². The molecule has 26 heavy (non-hydrogen) atoms. The molecule has 0 bridgehead atoms. The molecule has 0 heterocycles. The van der Waals surface area contributed by atoms with Crippen LogP contribution in [0.2, 0.25) is 0 Å². The maximum absolute atomic E-state index is 10.8. The van der Waals surface area contributed by atoms with Crippen molar-refractivity contribution in [3.63, 3.8) is 0 Å². The number of hydrogen-bond donors (Lipinski definition) is 2. The monoisotopic (exact) mass is 354 g/mol. The Morgan fingerprint density at radius 3 is 1.35 bits per heavy atom. The van der Waals surface area contributed by atoms with Gasteiger partial charge in [-0.15, -0.1) is 0 Å². The standard InChI is InChI=1S/2C10H11NO2/c2*1-3-11(2)9-7-5-4-6-8(9)10(12)13/h2*3-7H,1H2,2H3,(H,12,13). The molecule has 0 radical (unpaired) electrons. The lowest BCUT2D eigenvalue weighted by molar-refractivity contribution is 0.0686. The molecule has 0 fully saturated rings. The minimum atomic E-state index is -0.927. The third kappa shape index (κ3) is 5.24. The lowest BCUT2D eigenvalue weighted by Crippen LogP contribution is -2.12. The first-order chi connectivity index (χ1) is 12.3. The van der Waals surface area contributed by atoms with Crippen molar-refractivity contribution in [3.05, 3.63) is 85.2 Å². The van der Waals surface area contributed by atoms with E-state index in [0.29, 0.717) is 11.4 Å². The van der Waals surface area contributed by atoms with Crippen molar-refractivity contribution in [2.75, 3.05) is 23.9 Å². The number of carboxylic acids is 2. The van der Waals surface area contributed by atoms with Crippen LogP contribution >= 0.6 is 0 Å². The van der Waals surface area contributed by atoms with Crippen LogP contribution in [0.4, 0.5) is 11.4 Å². The van der Waals surface area contributed by atoms with E-state index in [-0.39, 0.29) is 11.1 Å². The third-order valence-corrected chi connectivity index (χ3v) is 3.58. The highest BCUT2D eigenvalue weighted by molar-refractivity contribution is 5.95. The third-order valence-electron chi connectivity index (χ3n) is 3.58. The van der Waals surface area contributed by atoms with Crippen molar-refractivity contribution in [1.29, 1.82) is 0 Å². The maximum Gasteiger partial charge on any atom is 0.337 e. The Kier molecular flexibility index (Phi) is 7.64. The second-order valence-electron chi connectivity index (χ2n) is 5.23. The van der Waals surface area contributed by atoms with Crippen LogP contribution in [-0.2, 0) is 0 Å². The molecule has 6 nitrogen and oxygen atoms in total. The van der Waals surface area contributed by atoms with Gasteiger partial charge in [-0.1, -0.05) is 37.4 Å². The highest BCUT2D eigenvalue weighted by atomic mass is 16.4. The van der Waals surface area contributed by atoms with Gasteiger partial charge in [-0.2, -0.15) is 0 Å². The van der Waals surface area contributed by atoms with Gasteiger partial charge in [0.1, 0.15) is 0 Å². The number of carbonyl (C=O) groups is 2. The van der Waals surface area contributed by atoms with Crippen molar-refractivity contribution >= 4 is 23.3 Å². The highest BCUT2D eigenvalue weighted by Gasteiger charge is 2.10. The second-order valence-corrected chi connectivity index (χ2v) is 5.23. The van der Waals surface area contributed by atoms with Gasteiger partial charge in [0, 0.05) is 14.1 Å². The number of aromatic carboxylic acids is 2. The molecule has 2 aromatic rings. The summed E-state index contributed by atoms with van der Waals surface area (Å²) in [6.07, 6.45) is 3.14. The van der Waals surface area contributed by atoms with Gasteiger partial charge >= 0.3 is 11.9 Å². The minimum absolute atomic E-state index is 0.282. The lowest BCUT2D eigenvalue weighted by Gasteiger charge is -2.15. The average molecular weight is 354 g/mol. The number of benzene rings is 2. The van der Waals surface area contributed by atoms with E-state index < -0.39 is 11.9 Å². The van der Waals surface area contributed by atoms with Crippen molar-refractivity contribution in [1.82, 2.24) is 0 Å². The topological polar surface area (TPSA) is 81.1 Å². The molecule has 0 aliphatic carbocycles. The van der Waals surface area contributed by atoms with Crippen LogP contribution in [-0.4, -0.2) is 36.2 Å². The molecule has 0 saturated carbocycles. The highest BCUT2D eigenvalue weighted by Crippen LogP contribution is 2.19. The van der Waals surface area contributed by atoms with E-state index >= 15 is 0 Å².